The summed E-state index contributed by atoms with van der Waals surface area (Å²) in [6.45, 7) is 4.77. The van der Waals surface area contributed by atoms with E-state index in [4.69, 9.17) is 0 Å². The van der Waals surface area contributed by atoms with E-state index >= 15 is 0 Å². The summed E-state index contributed by atoms with van der Waals surface area (Å²) in [5.74, 6) is 0. The highest BCUT2D eigenvalue weighted by atomic mass is 32.1. The number of hydrogen-bond acceptors (Lipinski definition) is 1. The van der Waals surface area contributed by atoms with Crippen molar-refractivity contribution in [1.82, 2.24) is 4.57 Å². The first kappa shape index (κ1) is 25.2. The highest BCUT2D eigenvalue weighted by molar-refractivity contribution is 7.17. The molecule has 2 heteroatoms. The maximum Gasteiger partial charge on any atom is 0.0547 e. The van der Waals surface area contributed by atoms with Crippen LogP contribution in [0, 0.1) is 0 Å². The summed E-state index contributed by atoms with van der Waals surface area (Å²) in [6.07, 6.45) is 0. The molecular weight excluding hydrogens is 563 g/mol. The molecule has 10 rings (SSSR count). The van der Waals surface area contributed by atoms with E-state index in [0.717, 1.165) is 0 Å². The summed E-state index contributed by atoms with van der Waals surface area (Å²) in [6, 6.07) is 49.8. The third-order valence-electron chi connectivity index (χ3n) is 10.2. The van der Waals surface area contributed by atoms with Crippen LogP contribution in [0.4, 0.5) is 0 Å². The molecule has 212 valence electrons. The molecule has 0 fully saturated rings. The quantitative estimate of drug-likeness (QED) is 0.176. The van der Waals surface area contributed by atoms with Crippen LogP contribution in [-0.2, 0) is 5.41 Å². The summed E-state index contributed by atoms with van der Waals surface area (Å²) in [7, 11) is 0. The Kier molecular flexibility index (Phi) is 5.00. The van der Waals surface area contributed by atoms with E-state index in [1.807, 2.05) is 11.3 Å². The van der Waals surface area contributed by atoms with E-state index in [1.54, 1.807) is 0 Å². The van der Waals surface area contributed by atoms with Gasteiger partial charge in [0.2, 0.25) is 0 Å². The van der Waals surface area contributed by atoms with Gasteiger partial charge in [0.15, 0.2) is 0 Å². The standard InChI is InChI=1S/C43H29NS/c1-43(2)38-17-9-6-14-28(38)35-23-33-32(37-25-45-42-19-11-8-16-30(37)42)20-26-21-41-36(22-31(26)34(33)24-39(35)43)29-15-7-10-18-40(29)44(41)27-12-4-3-5-13-27/h3-25H,1-2H3. The Morgan fingerprint density at radius 3 is 2.11 bits per heavy atom. The highest BCUT2D eigenvalue weighted by Crippen LogP contribution is 2.52. The molecule has 1 aliphatic rings. The molecule has 0 saturated heterocycles. The molecule has 1 aliphatic carbocycles. The Hall–Kier alpha value is -5.18. The smallest absolute Gasteiger partial charge is 0.0547 e. The van der Waals surface area contributed by atoms with E-state index in [1.165, 1.54) is 92.5 Å². The number of fused-ring (bicyclic) bond motifs is 10. The average molecular weight is 592 g/mol. The number of nitrogens with zero attached hydrogens (tertiary/aromatic N) is 1. The van der Waals surface area contributed by atoms with Crippen molar-refractivity contribution in [1.29, 1.82) is 0 Å². The lowest BCUT2D eigenvalue weighted by molar-refractivity contribution is 0.661. The number of hydrogen-bond donors (Lipinski definition) is 0. The van der Waals surface area contributed by atoms with Gasteiger partial charge in [0.05, 0.1) is 11.0 Å². The van der Waals surface area contributed by atoms with Gasteiger partial charge < -0.3 is 4.57 Å². The zero-order chi connectivity index (χ0) is 29.9. The minimum absolute atomic E-state index is 0.0645. The summed E-state index contributed by atoms with van der Waals surface area (Å²) < 4.78 is 3.75. The third-order valence-corrected chi connectivity index (χ3v) is 11.2. The molecule has 1 nitrogen and oxygen atoms in total. The monoisotopic (exact) mass is 591 g/mol. The van der Waals surface area contributed by atoms with Crippen LogP contribution in [0.5, 0.6) is 0 Å². The van der Waals surface area contributed by atoms with Crippen LogP contribution in [0.2, 0.25) is 0 Å². The fraction of sp³-hybridized carbons (Fsp3) is 0.0698. The van der Waals surface area contributed by atoms with Gasteiger partial charge in [0, 0.05) is 37.5 Å². The number of thiophene rings is 1. The van der Waals surface area contributed by atoms with Gasteiger partial charge in [-0.25, -0.2) is 0 Å². The molecule has 7 aromatic carbocycles. The zero-order valence-electron chi connectivity index (χ0n) is 25.1. The van der Waals surface area contributed by atoms with Crippen molar-refractivity contribution in [2.75, 3.05) is 0 Å². The fourth-order valence-corrected chi connectivity index (χ4v) is 9.04. The Balaban J connectivity index is 1.39. The van der Waals surface area contributed by atoms with Crippen molar-refractivity contribution < 1.29 is 0 Å². The number of benzene rings is 7. The van der Waals surface area contributed by atoms with E-state index in [0.29, 0.717) is 0 Å². The van der Waals surface area contributed by atoms with Crippen molar-refractivity contribution in [3.8, 4) is 27.9 Å². The van der Waals surface area contributed by atoms with Gasteiger partial charge in [-0.3, -0.25) is 0 Å². The van der Waals surface area contributed by atoms with Crippen LogP contribution < -0.4 is 0 Å². The van der Waals surface area contributed by atoms with Crippen molar-refractivity contribution in [2.45, 2.75) is 19.3 Å². The lowest BCUT2D eigenvalue weighted by atomic mass is 9.81. The molecular formula is C43H29NS. The van der Waals surface area contributed by atoms with Crippen molar-refractivity contribution in [3.63, 3.8) is 0 Å². The Bertz CT molecular complexity index is 2670. The summed E-state index contributed by atoms with van der Waals surface area (Å²) >= 11 is 1.84. The molecule has 0 amide bonds. The molecule has 2 aromatic heterocycles. The van der Waals surface area contributed by atoms with Gasteiger partial charge in [-0.2, -0.15) is 0 Å². The number of aromatic nitrogens is 1. The van der Waals surface area contributed by atoms with Crippen LogP contribution in [0.3, 0.4) is 0 Å². The lowest BCUT2D eigenvalue weighted by Crippen LogP contribution is -2.14. The van der Waals surface area contributed by atoms with E-state index in [9.17, 15) is 0 Å². The minimum Gasteiger partial charge on any atom is -0.309 e. The summed E-state index contributed by atoms with van der Waals surface area (Å²) in [5, 5.41) is 11.5. The minimum atomic E-state index is -0.0645. The topological polar surface area (TPSA) is 4.93 Å². The van der Waals surface area contributed by atoms with Crippen LogP contribution in [0.15, 0.2) is 139 Å². The Morgan fingerprint density at radius 2 is 1.22 bits per heavy atom. The highest BCUT2D eigenvalue weighted by Gasteiger charge is 2.36. The SMILES string of the molecule is CC1(C)c2ccccc2-c2cc3c(-c4csc5ccccc45)cc4cc5c(cc4c3cc21)c1ccccc1n5-c1ccccc1. The second-order valence-corrected chi connectivity index (χ2v) is 13.9. The molecule has 0 spiro atoms. The third kappa shape index (κ3) is 3.38. The molecule has 0 atom stereocenters. The van der Waals surface area contributed by atoms with Crippen LogP contribution in [0.25, 0.3) is 81.4 Å². The predicted octanol–water partition coefficient (Wildman–Crippen LogP) is 12.3. The molecule has 0 N–H and O–H groups in total. The van der Waals surface area contributed by atoms with E-state index in [-0.39, 0.29) is 5.41 Å². The molecule has 0 saturated carbocycles. The maximum absolute atomic E-state index is 2.52. The molecule has 45 heavy (non-hydrogen) atoms. The first-order valence-corrected chi connectivity index (χ1v) is 16.6. The number of rotatable bonds is 2. The molecule has 0 radical (unpaired) electrons. The molecule has 0 unspecified atom stereocenters. The lowest BCUT2D eigenvalue weighted by Gasteiger charge is -2.22. The fourth-order valence-electron chi connectivity index (χ4n) is 8.08. The zero-order valence-corrected chi connectivity index (χ0v) is 26.0. The summed E-state index contributed by atoms with van der Waals surface area (Å²) in [4.78, 5) is 0. The molecule has 0 aliphatic heterocycles. The first-order chi connectivity index (χ1) is 22.1. The van der Waals surface area contributed by atoms with Crippen molar-refractivity contribution in [3.05, 3.63) is 150 Å². The largest absolute Gasteiger partial charge is 0.309 e. The second kappa shape index (κ2) is 8.94. The van der Waals surface area contributed by atoms with Gasteiger partial charge in [0.1, 0.15) is 0 Å². The van der Waals surface area contributed by atoms with Crippen molar-refractivity contribution >= 4 is 64.8 Å². The molecule has 9 aromatic rings. The normalized spacial score (nSPS) is 13.7. The van der Waals surface area contributed by atoms with Crippen LogP contribution in [-0.4, -0.2) is 4.57 Å². The van der Waals surface area contributed by atoms with Crippen LogP contribution in [0.1, 0.15) is 25.0 Å². The first-order valence-electron chi connectivity index (χ1n) is 15.7. The van der Waals surface area contributed by atoms with Crippen LogP contribution >= 0.6 is 11.3 Å². The van der Waals surface area contributed by atoms with E-state index in [2.05, 4.69) is 157 Å². The molecule has 2 heterocycles. The van der Waals surface area contributed by atoms with Gasteiger partial charge >= 0.3 is 0 Å². The predicted molar refractivity (Wildman–Crippen MR) is 194 cm³/mol. The van der Waals surface area contributed by atoms with E-state index < -0.39 is 0 Å². The second-order valence-electron chi connectivity index (χ2n) is 13.0. The average Bonchev–Trinajstić information content (AvgIpc) is 3.72. The summed E-state index contributed by atoms with van der Waals surface area (Å²) in [5.41, 5.74) is 11.8. The Morgan fingerprint density at radius 1 is 0.467 bits per heavy atom. The van der Waals surface area contributed by atoms with Gasteiger partial charge in [0.25, 0.3) is 0 Å². The Labute approximate surface area is 265 Å². The van der Waals surface area contributed by atoms with Gasteiger partial charge in [-0.05, 0) is 109 Å². The van der Waals surface area contributed by atoms with Crippen molar-refractivity contribution in [2.24, 2.45) is 0 Å². The number of para-hydroxylation sites is 2. The molecule has 0 bridgehead atoms. The maximum atomic E-state index is 2.52. The van der Waals surface area contributed by atoms with Gasteiger partial charge in [-0.1, -0.05) is 92.7 Å². The van der Waals surface area contributed by atoms with Gasteiger partial charge in [-0.15, -0.1) is 11.3 Å².